The van der Waals surface area contributed by atoms with Gasteiger partial charge >= 0.3 is 29.6 Å². The Morgan fingerprint density at radius 3 is 2.09 bits per heavy atom. The van der Waals surface area contributed by atoms with Crippen LogP contribution in [0.5, 0.6) is 0 Å². The largest absolute Gasteiger partial charge is 1.00 e. The molecule has 0 aliphatic rings. The summed E-state index contributed by atoms with van der Waals surface area (Å²) in [5.41, 5.74) is 1.78. The van der Waals surface area contributed by atoms with Gasteiger partial charge in [0.25, 0.3) is 0 Å². The molecule has 0 aliphatic heterocycles. The second-order valence-corrected chi connectivity index (χ2v) is 8.08. The summed E-state index contributed by atoms with van der Waals surface area (Å²) >= 11 is 0. The van der Waals surface area contributed by atoms with Crippen molar-refractivity contribution >= 4 is 20.9 Å². The molecule has 2 aromatic rings. The van der Waals surface area contributed by atoms with E-state index in [1.807, 2.05) is 32.0 Å². The SMILES string of the molecule is CC(C)Cc1ccc2c(S(=O)(=O)[O-])c(CC(C)C)ccc2c1.[Na+]. The minimum Gasteiger partial charge on any atom is -0.744 e. The van der Waals surface area contributed by atoms with Gasteiger partial charge in [0.15, 0.2) is 0 Å². The molecule has 0 N–H and O–H groups in total. The van der Waals surface area contributed by atoms with E-state index in [1.54, 1.807) is 12.1 Å². The van der Waals surface area contributed by atoms with Crippen molar-refractivity contribution in [2.75, 3.05) is 0 Å². The normalized spacial score (nSPS) is 12.0. The summed E-state index contributed by atoms with van der Waals surface area (Å²) < 4.78 is 35.3. The van der Waals surface area contributed by atoms with Crippen LogP contribution < -0.4 is 29.6 Å². The molecule has 0 aliphatic carbocycles. The van der Waals surface area contributed by atoms with Gasteiger partial charge in [-0.3, -0.25) is 0 Å². The molecule has 2 rings (SSSR count). The van der Waals surface area contributed by atoms with Crippen LogP contribution in [0.3, 0.4) is 0 Å². The van der Waals surface area contributed by atoms with Gasteiger partial charge in [0, 0.05) is 0 Å². The fourth-order valence-electron chi connectivity index (χ4n) is 2.89. The first-order valence-corrected chi connectivity index (χ1v) is 9.09. The van der Waals surface area contributed by atoms with Gasteiger partial charge in [0.2, 0.25) is 0 Å². The standard InChI is InChI=1S/C18H24O3S.Na/c1-12(2)9-14-5-8-17-15(11-14)6-7-16(10-13(3)4)18(17)22(19,20)21;/h5-8,11-13H,9-10H2,1-4H3,(H,19,20,21);/q;+1/p-1. The molecule has 0 radical (unpaired) electrons. The minimum absolute atomic E-state index is 0. The first-order valence-electron chi connectivity index (χ1n) is 7.69. The molecule has 0 spiro atoms. The van der Waals surface area contributed by atoms with E-state index < -0.39 is 10.1 Å². The molecule has 120 valence electrons. The van der Waals surface area contributed by atoms with Crippen LogP contribution in [0.2, 0.25) is 0 Å². The molecule has 0 saturated carbocycles. The summed E-state index contributed by atoms with van der Waals surface area (Å²) in [6.07, 6.45) is 1.52. The van der Waals surface area contributed by atoms with Gasteiger partial charge < -0.3 is 4.55 Å². The second-order valence-electron chi connectivity index (χ2n) is 6.76. The van der Waals surface area contributed by atoms with Gasteiger partial charge in [0.05, 0.1) is 4.90 Å². The zero-order valence-corrected chi connectivity index (χ0v) is 17.4. The molecule has 0 amide bonds. The Morgan fingerprint density at radius 2 is 1.57 bits per heavy atom. The number of hydrogen-bond donors (Lipinski definition) is 0. The second kappa shape index (κ2) is 8.13. The van der Waals surface area contributed by atoms with Gasteiger partial charge in [-0.2, -0.15) is 0 Å². The third-order valence-electron chi connectivity index (χ3n) is 3.64. The summed E-state index contributed by atoms with van der Waals surface area (Å²) in [5, 5.41) is 1.36. The summed E-state index contributed by atoms with van der Waals surface area (Å²) in [6.45, 7) is 8.31. The average molecular weight is 342 g/mol. The Bertz CT molecular complexity index is 780. The number of fused-ring (bicyclic) bond motifs is 1. The van der Waals surface area contributed by atoms with Gasteiger partial charge in [-0.15, -0.1) is 0 Å². The number of benzene rings is 2. The zero-order valence-electron chi connectivity index (χ0n) is 14.6. The van der Waals surface area contributed by atoms with Crippen molar-refractivity contribution in [2.45, 2.75) is 45.4 Å². The molecule has 2 aromatic carbocycles. The average Bonchev–Trinajstić information content (AvgIpc) is 2.35. The van der Waals surface area contributed by atoms with Crippen molar-refractivity contribution in [1.29, 1.82) is 0 Å². The Hall–Kier alpha value is -0.390. The molecule has 0 aromatic heterocycles. The van der Waals surface area contributed by atoms with E-state index in [2.05, 4.69) is 13.8 Å². The van der Waals surface area contributed by atoms with Gasteiger partial charge in [-0.25, -0.2) is 8.42 Å². The van der Waals surface area contributed by atoms with Crippen LogP contribution in [0.15, 0.2) is 35.2 Å². The Morgan fingerprint density at radius 1 is 0.957 bits per heavy atom. The Labute approximate surface area is 161 Å². The van der Waals surface area contributed by atoms with Gasteiger partial charge in [-0.05, 0) is 46.6 Å². The van der Waals surface area contributed by atoms with Crippen LogP contribution >= 0.6 is 0 Å². The van der Waals surface area contributed by atoms with Crippen molar-refractivity contribution in [3.8, 4) is 0 Å². The van der Waals surface area contributed by atoms with Crippen LogP contribution in [-0.4, -0.2) is 13.0 Å². The van der Waals surface area contributed by atoms with E-state index in [0.29, 0.717) is 23.3 Å². The zero-order chi connectivity index (χ0) is 16.5. The van der Waals surface area contributed by atoms with Crippen molar-refractivity contribution in [1.82, 2.24) is 0 Å². The molecule has 23 heavy (non-hydrogen) atoms. The predicted molar refractivity (Wildman–Crippen MR) is 89.0 cm³/mol. The van der Waals surface area contributed by atoms with E-state index in [-0.39, 0.29) is 40.4 Å². The van der Waals surface area contributed by atoms with Crippen LogP contribution in [0, 0.1) is 11.8 Å². The molecule has 0 atom stereocenters. The third-order valence-corrected chi connectivity index (χ3v) is 4.62. The maximum Gasteiger partial charge on any atom is 1.00 e. The molecule has 0 fully saturated rings. The maximum atomic E-state index is 11.8. The van der Waals surface area contributed by atoms with Gasteiger partial charge in [-0.1, -0.05) is 58.0 Å². The summed E-state index contributed by atoms with van der Waals surface area (Å²) in [5.74, 6) is 0.818. The number of hydrogen-bond acceptors (Lipinski definition) is 3. The van der Waals surface area contributed by atoms with Crippen molar-refractivity contribution < 1.29 is 42.5 Å². The van der Waals surface area contributed by atoms with Crippen molar-refractivity contribution in [3.05, 3.63) is 41.5 Å². The molecule has 5 heteroatoms. The molecule has 0 saturated heterocycles. The first kappa shape index (κ1) is 20.7. The molecular formula is C18H23NaO3S. The fourth-order valence-corrected chi connectivity index (χ4v) is 3.82. The van der Waals surface area contributed by atoms with E-state index in [4.69, 9.17) is 0 Å². The van der Waals surface area contributed by atoms with Crippen LogP contribution in [0.1, 0.15) is 38.8 Å². The smallest absolute Gasteiger partial charge is 0.744 e. The first-order chi connectivity index (χ1) is 10.2. The minimum atomic E-state index is -4.49. The predicted octanol–water partition coefficient (Wildman–Crippen LogP) is 1.14. The molecular weight excluding hydrogens is 319 g/mol. The summed E-state index contributed by atoms with van der Waals surface area (Å²) in [7, 11) is -4.49. The van der Waals surface area contributed by atoms with Crippen molar-refractivity contribution in [2.24, 2.45) is 11.8 Å². The van der Waals surface area contributed by atoms with Crippen molar-refractivity contribution in [3.63, 3.8) is 0 Å². The number of rotatable bonds is 5. The van der Waals surface area contributed by atoms with E-state index >= 15 is 0 Å². The van der Waals surface area contributed by atoms with Crippen LogP contribution in [0.4, 0.5) is 0 Å². The Kier molecular flexibility index (Phi) is 7.30. The fraction of sp³-hybridized carbons (Fsp3) is 0.444. The van der Waals surface area contributed by atoms with E-state index in [9.17, 15) is 13.0 Å². The van der Waals surface area contributed by atoms with Gasteiger partial charge in [0.1, 0.15) is 10.1 Å². The third kappa shape index (κ3) is 5.30. The van der Waals surface area contributed by atoms with Crippen LogP contribution in [0.25, 0.3) is 10.8 Å². The summed E-state index contributed by atoms with van der Waals surface area (Å²) in [6, 6.07) is 9.40. The monoisotopic (exact) mass is 342 g/mol. The molecule has 0 bridgehead atoms. The van der Waals surface area contributed by atoms with E-state index in [0.717, 1.165) is 17.4 Å². The quantitative estimate of drug-likeness (QED) is 0.605. The van der Waals surface area contributed by atoms with E-state index in [1.165, 1.54) is 0 Å². The Balaban J connectivity index is 0.00000264. The van der Waals surface area contributed by atoms with Crippen LogP contribution in [-0.2, 0) is 23.0 Å². The molecule has 3 nitrogen and oxygen atoms in total. The molecule has 0 unspecified atom stereocenters. The molecule has 0 heterocycles. The topological polar surface area (TPSA) is 57.2 Å². The summed E-state index contributed by atoms with van der Waals surface area (Å²) in [4.78, 5) is -0.0465. The maximum absolute atomic E-state index is 11.8.